The lowest BCUT2D eigenvalue weighted by Crippen LogP contribution is -2.35. The number of hydrogen-bond acceptors (Lipinski definition) is 12. The Morgan fingerprint density at radius 2 is 1.67 bits per heavy atom. The number of anilines is 1. The number of nitrogens with one attached hydrogen (secondary N) is 1. The van der Waals surface area contributed by atoms with E-state index in [0.717, 1.165) is 11.1 Å². The number of aliphatic hydroxyl groups excluding tert-OH is 2. The maximum absolute atomic E-state index is 13.9. The second-order valence-corrected chi connectivity index (χ2v) is 11.5. The van der Waals surface area contributed by atoms with Crippen LogP contribution in [-0.2, 0) is 14.8 Å². The number of benzene rings is 1. The molecule has 3 aromatic heterocycles. The fourth-order valence-electron chi connectivity index (χ4n) is 4.10. The smallest absolute Gasteiger partial charge is 0.243 e. The van der Waals surface area contributed by atoms with Crippen LogP contribution in [0.15, 0.2) is 49.1 Å². The molecule has 3 N–H and O–H groups in total. The minimum Gasteiger partial charge on any atom is -0.494 e. The van der Waals surface area contributed by atoms with Gasteiger partial charge in [0.15, 0.2) is 11.6 Å². The molecule has 0 spiro atoms. The lowest BCUT2D eigenvalue weighted by molar-refractivity contribution is -0.0324. The SMILES string of the molecule is COc1cccc(OC)c1-n1c(NS(=O)(=O)[C@H](C)[C@H](OC[C@H](O)CO)c2ncc(C)cn2)nnc1-c1cncc(C)c1. The quantitative estimate of drug-likeness (QED) is 0.203. The number of aliphatic hydroxyl groups is 2. The van der Waals surface area contributed by atoms with Crippen molar-refractivity contribution in [2.75, 3.05) is 32.2 Å². The van der Waals surface area contributed by atoms with Gasteiger partial charge in [-0.3, -0.25) is 14.3 Å². The Labute approximate surface area is 243 Å². The Hall–Kier alpha value is -4.18. The van der Waals surface area contributed by atoms with E-state index in [0.29, 0.717) is 22.7 Å². The molecule has 14 nitrogen and oxygen atoms in total. The molecule has 0 amide bonds. The van der Waals surface area contributed by atoms with Crippen molar-refractivity contribution in [2.45, 2.75) is 38.2 Å². The summed E-state index contributed by atoms with van der Waals surface area (Å²) in [7, 11) is -1.33. The molecule has 0 aliphatic heterocycles. The summed E-state index contributed by atoms with van der Waals surface area (Å²) in [5.74, 6) is 0.955. The zero-order valence-corrected chi connectivity index (χ0v) is 24.6. The van der Waals surface area contributed by atoms with E-state index in [4.69, 9.17) is 14.2 Å². The first-order chi connectivity index (χ1) is 20.1. The summed E-state index contributed by atoms with van der Waals surface area (Å²) in [5, 5.41) is 26.3. The number of rotatable bonds is 13. The molecule has 0 aliphatic carbocycles. The standard InChI is InChI=1S/C27H33N7O7S/c1-16-9-19(13-28-10-16)26-31-32-27(34(26)23-21(39-4)7-6-8-22(23)40-5)33-42(37,38)18(3)24(41-15-20(36)14-35)25-29-11-17(2)12-30-25/h6-13,18,20,24,35-36H,14-15H2,1-5H3,(H,32,33)/t18-,20-,24+/m1/s1. The lowest BCUT2D eigenvalue weighted by atomic mass is 10.2. The third-order valence-corrected chi connectivity index (χ3v) is 8.00. The summed E-state index contributed by atoms with van der Waals surface area (Å²) < 4.78 is 48.7. The van der Waals surface area contributed by atoms with Crippen LogP contribution in [0.25, 0.3) is 17.1 Å². The highest BCUT2D eigenvalue weighted by Crippen LogP contribution is 2.38. The molecule has 4 aromatic rings. The Morgan fingerprint density at radius 1 is 1.00 bits per heavy atom. The van der Waals surface area contributed by atoms with Crippen LogP contribution in [0.5, 0.6) is 11.5 Å². The number of nitrogens with zero attached hydrogens (tertiary/aromatic N) is 6. The topological polar surface area (TPSA) is 184 Å². The van der Waals surface area contributed by atoms with E-state index in [1.54, 1.807) is 37.5 Å². The molecule has 0 saturated heterocycles. The third kappa shape index (κ3) is 6.65. The fourth-order valence-corrected chi connectivity index (χ4v) is 5.20. The monoisotopic (exact) mass is 599 g/mol. The van der Waals surface area contributed by atoms with Gasteiger partial charge in [0, 0.05) is 30.4 Å². The predicted molar refractivity (Wildman–Crippen MR) is 153 cm³/mol. The average molecular weight is 600 g/mol. The number of ether oxygens (including phenoxy) is 3. The second kappa shape index (κ2) is 13.2. The van der Waals surface area contributed by atoms with Gasteiger partial charge < -0.3 is 24.4 Å². The third-order valence-electron chi connectivity index (χ3n) is 6.31. The van der Waals surface area contributed by atoms with E-state index in [1.165, 1.54) is 38.1 Å². The first kappa shape index (κ1) is 30.8. The van der Waals surface area contributed by atoms with Crippen LogP contribution < -0.4 is 14.2 Å². The maximum atomic E-state index is 13.9. The van der Waals surface area contributed by atoms with Crippen LogP contribution >= 0.6 is 0 Å². The molecular weight excluding hydrogens is 566 g/mol. The molecule has 0 bridgehead atoms. The minimum absolute atomic E-state index is 0.0861. The van der Waals surface area contributed by atoms with Crippen molar-refractivity contribution in [3.8, 4) is 28.6 Å². The number of methoxy groups -OCH3 is 2. The number of sulfonamides is 1. The number of para-hydroxylation sites is 1. The van der Waals surface area contributed by atoms with Gasteiger partial charge in [-0.1, -0.05) is 6.07 Å². The van der Waals surface area contributed by atoms with Crippen molar-refractivity contribution in [3.63, 3.8) is 0 Å². The van der Waals surface area contributed by atoms with E-state index in [1.807, 2.05) is 13.0 Å². The molecular formula is C27H33N7O7S. The van der Waals surface area contributed by atoms with Crippen LogP contribution in [0, 0.1) is 13.8 Å². The van der Waals surface area contributed by atoms with Crippen molar-refractivity contribution in [1.29, 1.82) is 0 Å². The summed E-state index contributed by atoms with van der Waals surface area (Å²) in [6.45, 7) is 4.15. The number of aromatic nitrogens is 6. The molecule has 224 valence electrons. The molecule has 0 fully saturated rings. The minimum atomic E-state index is -4.29. The lowest BCUT2D eigenvalue weighted by Gasteiger charge is -2.25. The molecule has 3 atom stereocenters. The average Bonchev–Trinajstić information content (AvgIpc) is 3.39. The molecule has 3 heterocycles. The first-order valence-electron chi connectivity index (χ1n) is 12.9. The fraction of sp³-hybridized carbons (Fsp3) is 0.370. The molecule has 4 rings (SSSR count). The van der Waals surface area contributed by atoms with Gasteiger partial charge in [-0.2, -0.15) is 0 Å². The molecule has 0 saturated carbocycles. The zero-order valence-electron chi connectivity index (χ0n) is 23.8. The van der Waals surface area contributed by atoms with E-state index < -0.39 is 34.1 Å². The molecule has 0 aliphatic rings. The van der Waals surface area contributed by atoms with E-state index in [-0.39, 0.29) is 24.2 Å². The predicted octanol–water partition coefficient (Wildman–Crippen LogP) is 1.99. The first-order valence-corrected chi connectivity index (χ1v) is 14.4. The van der Waals surface area contributed by atoms with Gasteiger partial charge >= 0.3 is 0 Å². The van der Waals surface area contributed by atoms with Gasteiger partial charge in [0.1, 0.15) is 34.6 Å². The number of pyridine rings is 1. The highest BCUT2D eigenvalue weighted by Gasteiger charge is 2.36. The van der Waals surface area contributed by atoms with E-state index in [9.17, 15) is 18.6 Å². The van der Waals surface area contributed by atoms with Gasteiger partial charge in [0.2, 0.25) is 16.0 Å². The summed E-state index contributed by atoms with van der Waals surface area (Å²) in [4.78, 5) is 12.7. The van der Waals surface area contributed by atoms with E-state index in [2.05, 4.69) is 29.9 Å². The van der Waals surface area contributed by atoms with Gasteiger partial charge in [-0.15, -0.1) is 10.2 Å². The Morgan fingerprint density at radius 3 is 2.26 bits per heavy atom. The van der Waals surface area contributed by atoms with Crippen LogP contribution in [0.1, 0.15) is 30.0 Å². The Balaban J connectivity index is 1.82. The largest absolute Gasteiger partial charge is 0.494 e. The van der Waals surface area contributed by atoms with Crippen LogP contribution in [0.3, 0.4) is 0 Å². The number of hydrogen-bond donors (Lipinski definition) is 3. The van der Waals surface area contributed by atoms with Crippen molar-refractivity contribution >= 4 is 16.0 Å². The van der Waals surface area contributed by atoms with Crippen LogP contribution in [0.4, 0.5) is 5.95 Å². The molecule has 15 heteroatoms. The van der Waals surface area contributed by atoms with Gasteiger partial charge in [-0.05, 0) is 50.1 Å². The molecule has 0 unspecified atom stereocenters. The summed E-state index contributed by atoms with van der Waals surface area (Å²) in [5.41, 5.74) is 2.54. The van der Waals surface area contributed by atoms with Crippen molar-refractivity contribution in [2.24, 2.45) is 0 Å². The highest BCUT2D eigenvalue weighted by molar-refractivity contribution is 7.93. The molecule has 42 heavy (non-hydrogen) atoms. The Bertz CT molecular complexity index is 1590. The zero-order chi connectivity index (χ0) is 30.4. The van der Waals surface area contributed by atoms with Crippen LogP contribution in [0.2, 0.25) is 0 Å². The summed E-state index contributed by atoms with van der Waals surface area (Å²) in [6, 6.07) is 6.96. The van der Waals surface area contributed by atoms with E-state index >= 15 is 0 Å². The molecule has 1 aromatic carbocycles. The van der Waals surface area contributed by atoms with Crippen molar-refractivity contribution < 1.29 is 32.8 Å². The molecule has 0 radical (unpaired) electrons. The van der Waals surface area contributed by atoms with Gasteiger partial charge in [0.05, 0.1) is 27.4 Å². The van der Waals surface area contributed by atoms with Crippen molar-refractivity contribution in [3.05, 3.63) is 66.0 Å². The normalized spacial score (nSPS) is 13.8. The van der Waals surface area contributed by atoms with Crippen molar-refractivity contribution in [1.82, 2.24) is 29.7 Å². The summed E-state index contributed by atoms with van der Waals surface area (Å²) >= 11 is 0. The Kier molecular flexibility index (Phi) is 9.67. The van der Waals surface area contributed by atoms with Gasteiger partial charge in [0.25, 0.3) is 0 Å². The second-order valence-electron chi connectivity index (χ2n) is 9.51. The highest BCUT2D eigenvalue weighted by atomic mass is 32.2. The summed E-state index contributed by atoms with van der Waals surface area (Å²) in [6.07, 6.45) is 3.89. The van der Waals surface area contributed by atoms with Gasteiger partial charge in [-0.25, -0.2) is 18.4 Å². The maximum Gasteiger partial charge on any atom is 0.243 e. The van der Waals surface area contributed by atoms with Crippen LogP contribution in [-0.4, -0.2) is 87.1 Å². The number of aryl methyl sites for hydroxylation is 2.